The van der Waals surface area contributed by atoms with Gasteiger partial charge in [-0.15, -0.1) is 0 Å². The van der Waals surface area contributed by atoms with Gasteiger partial charge in [-0.3, -0.25) is 9.59 Å². The van der Waals surface area contributed by atoms with Crippen molar-refractivity contribution >= 4 is 11.9 Å². The van der Waals surface area contributed by atoms with E-state index in [1.807, 2.05) is 24.3 Å². The molecule has 3 N–H and O–H groups in total. The van der Waals surface area contributed by atoms with Crippen molar-refractivity contribution in [3.05, 3.63) is 60.8 Å². The van der Waals surface area contributed by atoms with Crippen molar-refractivity contribution in [2.75, 3.05) is 6.61 Å². The number of nitrogens with one attached hydrogen (secondary N) is 1. The summed E-state index contributed by atoms with van der Waals surface area (Å²) in [6.07, 6.45) is 62.8. The van der Waals surface area contributed by atoms with Crippen molar-refractivity contribution in [1.29, 1.82) is 0 Å². The Labute approximate surface area is 390 Å². The molecule has 1 amide bonds. The first kappa shape index (κ1) is 60.6. The molecule has 3 atom stereocenters. The van der Waals surface area contributed by atoms with Crippen molar-refractivity contribution in [3.8, 4) is 0 Å². The average Bonchev–Trinajstić information content (AvgIpc) is 3.28. The van der Waals surface area contributed by atoms with Gasteiger partial charge in [0.25, 0.3) is 0 Å². The molecule has 0 aliphatic heterocycles. The molecule has 0 aromatic rings. The normalized spacial score (nSPS) is 13.7. The fraction of sp³-hybridized carbons (Fsp3) is 0.789. The lowest BCUT2D eigenvalue weighted by Gasteiger charge is -2.24. The lowest BCUT2D eigenvalue weighted by atomic mass is 10.0. The molecule has 0 spiro atoms. The van der Waals surface area contributed by atoms with E-state index in [-0.39, 0.29) is 24.9 Å². The maximum Gasteiger partial charge on any atom is 0.306 e. The second-order valence-electron chi connectivity index (χ2n) is 18.3. The summed E-state index contributed by atoms with van der Waals surface area (Å²) >= 11 is 0. The van der Waals surface area contributed by atoms with E-state index in [2.05, 4.69) is 62.5 Å². The van der Waals surface area contributed by atoms with Crippen molar-refractivity contribution in [2.45, 2.75) is 283 Å². The van der Waals surface area contributed by atoms with Crippen LogP contribution < -0.4 is 5.32 Å². The van der Waals surface area contributed by atoms with Gasteiger partial charge in [-0.25, -0.2) is 0 Å². The molecule has 0 rings (SSSR count). The Balaban J connectivity index is 4.60. The number of hydrogen-bond acceptors (Lipinski definition) is 5. The summed E-state index contributed by atoms with van der Waals surface area (Å²) in [4.78, 5) is 26.2. The Hall–Kier alpha value is -2.44. The van der Waals surface area contributed by atoms with E-state index in [4.69, 9.17) is 4.74 Å². The van der Waals surface area contributed by atoms with Gasteiger partial charge in [-0.05, 0) is 70.6 Å². The molecule has 0 aliphatic carbocycles. The number of carbonyl (C=O) groups is 2. The van der Waals surface area contributed by atoms with Gasteiger partial charge in [0.05, 0.1) is 25.2 Å². The molecule has 0 saturated carbocycles. The number of carbonyl (C=O) groups excluding carboxylic acids is 2. The highest BCUT2D eigenvalue weighted by Crippen LogP contribution is 2.18. The molecule has 0 heterocycles. The zero-order chi connectivity index (χ0) is 45.9. The van der Waals surface area contributed by atoms with E-state index in [1.54, 1.807) is 0 Å². The Morgan fingerprint density at radius 2 is 0.873 bits per heavy atom. The standard InChI is InChI=1S/C57H103NO5/c1-4-7-10-13-16-19-22-25-27-29-32-34-37-40-43-46-49-55(60)54(52-59)58-56(61)51-53(48-45-42-39-36-33-31-28-26-23-20-17-14-11-8-5-2)63-57(62)50-47-44-41-38-35-30-24-21-18-15-12-9-6-3/h9,12,15,18,21,24,26,28,30,35,53-55,59-60H,4-8,10-11,13-14,16-17,19-20,22-23,25,27,29,31-34,36-52H2,1-3H3,(H,58,61)/b12-9+,18-15+,24-21-,28-26+,35-30-. The van der Waals surface area contributed by atoms with E-state index in [1.165, 1.54) is 141 Å². The summed E-state index contributed by atoms with van der Waals surface area (Å²) in [5.74, 6) is -0.524. The smallest absolute Gasteiger partial charge is 0.306 e. The van der Waals surface area contributed by atoms with Crippen LogP contribution >= 0.6 is 0 Å². The minimum atomic E-state index is -0.798. The molecular formula is C57H103NO5. The largest absolute Gasteiger partial charge is 0.462 e. The topological polar surface area (TPSA) is 95.9 Å². The lowest BCUT2D eigenvalue weighted by molar-refractivity contribution is -0.151. The van der Waals surface area contributed by atoms with Crippen LogP contribution in [0.15, 0.2) is 60.8 Å². The number of amides is 1. The molecule has 0 radical (unpaired) electrons. The third kappa shape index (κ3) is 45.9. The van der Waals surface area contributed by atoms with Gasteiger partial charge in [-0.2, -0.15) is 0 Å². The van der Waals surface area contributed by atoms with Gasteiger partial charge >= 0.3 is 5.97 Å². The SMILES string of the molecule is CC/C=C/C=C/C=C\C=C/CCCCCC(=O)OC(CCCCCCC/C=C/CCCCCCCC)CC(=O)NC(CO)C(O)CCCCCCCCCCCCCCCCCC. The summed E-state index contributed by atoms with van der Waals surface area (Å²) in [5.41, 5.74) is 0. The third-order valence-electron chi connectivity index (χ3n) is 12.2. The fourth-order valence-corrected chi connectivity index (χ4v) is 8.08. The number of esters is 1. The van der Waals surface area contributed by atoms with Crippen molar-refractivity contribution in [3.63, 3.8) is 0 Å². The molecule has 0 fully saturated rings. The maximum atomic E-state index is 13.2. The predicted octanol–water partition coefficient (Wildman–Crippen LogP) is 16.4. The highest BCUT2D eigenvalue weighted by Gasteiger charge is 2.24. The summed E-state index contributed by atoms with van der Waals surface area (Å²) in [5, 5.41) is 23.8. The summed E-state index contributed by atoms with van der Waals surface area (Å²) < 4.78 is 5.92. The molecule has 6 heteroatoms. The second-order valence-corrected chi connectivity index (χ2v) is 18.3. The van der Waals surface area contributed by atoms with E-state index in [0.717, 1.165) is 77.0 Å². The van der Waals surface area contributed by atoms with Gasteiger partial charge in [-0.1, -0.05) is 242 Å². The molecule has 366 valence electrons. The van der Waals surface area contributed by atoms with Gasteiger partial charge in [0, 0.05) is 6.42 Å². The van der Waals surface area contributed by atoms with Crippen molar-refractivity contribution in [1.82, 2.24) is 5.32 Å². The van der Waals surface area contributed by atoms with Gasteiger partial charge < -0.3 is 20.3 Å². The Bertz CT molecular complexity index is 1130. The highest BCUT2D eigenvalue weighted by atomic mass is 16.5. The minimum absolute atomic E-state index is 0.0554. The van der Waals surface area contributed by atoms with E-state index >= 15 is 0 Å². The van der Waals surface area contributed by atoms with Crippen LogP contribution in [-0.2, 0) is 14.3 Å². The van der Waals surface area contributed by atoms with Crippen LogP contribution in [0, 0.1) is 0 Å². The fourth-order valence-electron chi connectivity index (χ4n) is 8.08. The van der Waals surface area contributed by atoms with Gasteiger partial charge in [0.15, 0.2) is 0 Å². The maximum absolute atomic E-state index is 13.2. The monoisotopic (exact) mass is 882 g/mol. The van der Waals surface area contributed by atoms with Gasteiger partial charge in [0.2, 0.25) is 5.91 Å². The van der Waals surface area contributed by atoms with Crippen LogP contribution in [0.25, 0.3) is 0 Å². The number of aliphatic hydroxyl groups is 2. The zero-order valence-electron chi connectivity index (χ0n) is 41.7. The number of ether oxygens (including phenoxy) is 1. The highest BCUT2D eigenvalue weighted by molar-refractivity contribution is 5.77. The van der Waals surface area contributed by atoms with Crippen LogP contribution in [-0.4, -0.2) is 46.9 Å². The number of aliphatic hydroxyl groups excluding tert-OH is 2. The summed E-state index contributed by atoms with van der Waals surface area (Å²) in [6.45, 7) is 6.34. The minimum Gasteiger partial charge on any atom is -0.462 e. The number of hydrogen-bond donors (Lipinski definition) is 3. The number of rotatable bonds is 48. The molecular weight excluding hydrogens is 779 g/mol. The summed E-state index contributed by atoms with van der Waals surface area (Å²) in [6, 6.07) is -0.714. The number of allylic oxidation sites excluding steroid dienone is 10. The Morgan fingerprint density at radius 3 is 1.35 bits per heavy atom. The number of unbranched alkanes of at least 4 members (excludes halogenated alkanes) is 29. The first-order valence-corrected chi connectivity index (χ1v) is 27.1. The molecule has 0 aromatic carbocycles. The summed E-state index contributed by atoms with van der Waals surface area (Å²) in [7, 11) is 0. The first-order valence-electron chi connectivity index (χ1n) is 27.1. The van der Waals surface area contributed by atoms with Crippen molar-refractivity contribution < 1.29 is 24.5 Å². The zero-order valence-corrected chi connectivity index (χ0v) is 41.7. The average molecular weight is 882 g/mol. The lowest BCUT2D eigenvalue weighted by Crippen LogP contribution is -2.46. The molecule has 6 nitrogen and oxygen atoms in total. The van der Waals surface area contributed by atoms with Crippen LogP contribution in [0.5, 0.6) is 0 Å². The van der Waals surface area contributed by atoms with Crippen LogP contribution in [0.2, 0.25) is 0 Å². The van der Waals surface area contributed by atoms with E-state index in [9.17, 15) is 19.8 Å². The molecule has 3 unspecified atom stereocenters. The van der Waals surface area contributed by atoms with E-state index in [0.29, 0.717) is 19.3 Å². The quantitative estimate of drug-likeness (QED) is 0.0245. The molecule has 0 aromatic heterocycles. The third-order valence-corrected chi connectivity index (χ3v) is 12.2. The van der Waals surface area contributed by atoms with E-state index < -0.39 is 18.2 Å². The van der Waals surface area contributed by atoms with Crippen LogP contribution in [0.1, 0.15) is 265 Å². The predicted molar refractivity (Wildman–Crippen MR) is 273 cm³/mol. The van der Waals surface area contributed by atoms with Gasteiger partial charge in [0.1, 0.15) is 6.10 Å². The molecule has 0 saturated heterocycles. The van der Waals surface area contributed by atoms with Crippen LogP contribution in [0.3, 0.4) is 0 Å². The second kappa shape index (κ2) is 50.6. The molecule has 63 heavy (non-hydrogen) atoms. The Kier molecular flexibility index (Phi) is 48.6. The first-order chi connectivity index (χ1) is 31.0. The molecule has 0 bridgehead atoms. The van der Waals surface area contributed by atoms with Crippen LogP contribution in [0.4, 0.5) is 0 Å². The Morgan fingerprint density at radius 1 is 0.476 bits per heavy atom. The van der Waals surface area contributed by atoms with Crippen molar-refractivity contribution in [2.24, 2.45) is 0 Å². The molecule has 0 aliphatic rings.